The second kappa shape index (κ2) is 2.88. The highest BCUT2D eigenvalue weighted by atomic mass is 127. The van der Waals surface area contributed by atoms with Crippen LogP contribution in [0, 0.1) is 3.57 Å². The molecule has 64 valence electrons. The molecule has 2 unspecified atom stereocenters. The van der Waals surface area contributed by atoms with E-state index in [9.17, 15) is 5.11 Å². The Morgan fingerprint density at radius 2 is 2.25 bits per heavy atom. The van der Waals surface area contributed by atoms with E-state index >= 15 is 0 Å². The molecule has 12 heavy (non-hydrogen) atoms. The summed E-state index contributed by atoms with van der Waals surface area (Å²) in [6.45, 7) is 1.88. The lowest BCUT2D eigenvalue weighted by molar-refractivity contribution is 0.0793. The molecule has 1 aliphatic heterocycles. The van der Waals surface area contributed by atoms with Crippen LogP contribution in [0.4, 0.5) is 0 Å². The minimum atomic E-state index is -0.463. The predicted octanol–water partition coefficient (Wildman–Crippen LogP) is 2.11. The summed E-state index contributed by atoms with van der Waals surface area (Å²) in [5.74, 6) is 0.845. The molecule has 2 nitrogen and oxygen atoms in total. The minimum absolute atomic E-state index is 0.115. The van der Waals surface area contributed by atoms with Gasteiger partial charge in [-0.2, -0.15) is 0 Å². The highest BCUT2D eigenvalue weighted by Crippen LogP contribution is 2.39. The fraction of sp³-hybridized carbons (Fsp3) is 0.333. The Labute approximate surface area is 84.7 Å². The van der Waals surface area contributed by atoms with Gasteiger partial charge < -0.3 is 9.84 Å². The minimum Gasteiger partial charge on any atom is -0.486 e. The van der Waals surface area contributed by atoms with Crippen molar-refractivity contribution in [3.63, 3.8) is 0 Å². The summed E-state index contributed by atoms with van der Waals surface area (Å²) in [7, 11) is 0. The number of rotatable bonds is 0. The summed E-state index contributed by atoms with van der Waals surface area (Å²) < 4.78 is 6.56. The van der Waals surface area contributed by atoms with Crippen LogP contribution in [0.1, 0.15) is 18.6 Å². The van der Waals surface area contributed by atoms with Crippen LogP contribution in [0.15, 0.2) is 18.2 Å². The first-order chi connectivity index (χ1) is 5.70. The zero-order valence-corrected chi connectivity index (χ0v) is 8.78. The Kier molecular flexibility index (Phi) is 2.00. The molecule has 0 aromatic heterocycles. The number of halogens is 1. The fourth-order valence-electron chi connectivity index (χ4n) is 1.39. The van der Waals surface area contributed by atoms with Crippen LogP contribution in [-0.4, -0.2) is 11.2 Å². The number of para-hydroxylation sites is 1. The van der Waals surface area contributed by atoms with E-state index in [1.165, 1.54) is 0 Å². The van der Waals surface area contributed by atoms with E-state index in [1.54, 1.807) is 0 Å². The molecule has 2 atom stereocenters. The van der Waals surface area contributed by atoms with Gasteiger partial charge in [-0.1, -0.05) is 12.1 Å². The number of aliphatic hydroxyl groups excluding tert-OH is 1. The first-order valence-electron chi connectivity index (χ1n) is 3.83. The van der Waals surface area contributed by atoms with Gasteiger partial charge in [-0.25, -0.2) is 0 Å². The molecule has 3 heteroatoms. The van der Waals surface area contributed by atoms with Crippen LogP contribution in [-0.2, 0) is 0 Å². The topological polar surface area (TPSA) is 29.5 Å². The third-order valence-electron chi connectivity index (χ3n) is 2.06. The number of aliphatic hydroxyl groups is 1. The van der Waals surface area contributed by atoms with Crippen LogP contribution >= 0.6 is 22.6 Å². The maximum absolute atomic E-state index is 9.65. The molecule has 2 rings (SSSR count). The summed E-state index contributed by atoms with van der Waals surface area (Å²) in [5.41, 5.74) is 0.911. The third kappa shape index (κ3) is 1.11. The molecule has 0 fully saturated rings. The van der Waals surface area contributed by atoms with Gasteiger partial charge in [-0.05, 0) is 35.6 Å². The van der Waals surface area contributed by atoms with Crippen LogP contribution in [0.2, 0.25) is 0 Å². The first-order valence-corrected chi connectivity index (χ1v) is 4.91. The summed E-state index contributed by atoms with van der Waals surface area (Å²) in [5, 5.41) is 9.65. The van der Waals surface area contributed by atoms with Gasteiger partial charge in [0.05, 0.1) is 3.57 Å². The van der Waals surface area contributed by atoms with Crippen LogP contribution < -0.4 is 4.74 Å². The standard InChI is InChI=1S/C9H9IO2/c1-5-8(11)6-3-2-4-7(10)9(6)12-5/h2-5,8,11H,1H3. The Morgan fingerprint density at radius 3 is 2.92 bits per heavy atom. The van der Waals surface area contributed by atoms with Gasteiger partial charge in [0, 0.05) is 5.56 Å². The summed E-state index contributed by atoms with van der Waals surface area (Å²) in [4.78, 5) is 0. The maximum Gasteiger partial charge on any atom is 0.139 e. The van der Waals surface area contributed by atoms with Crippen molar-refractivity contribution in [3.05, 3.63) is 27.3 Å². The van der Waals surface area contributed by atoms with Crippen molar-refractivity contribution >= 4 is 22.6 Å². The highest BCUT2D eigenvalue weighted by molar-refractivity contribution is 14.1. The Morgan fingerprint density at radius 1 is 1.50 bits per heavy atom. The second-order valence-corrected chi connectivity index (χ2v) is 4.09. The van der Waals surface area contributed by atoms with Crippen LogP contribution in [0.3, 0.4) is 0 Å². The van der Waals surface area contributed by atoms with Crippen LogP contribution in [0.5, 0.6) is 5.75 Å². The number of hydrogen-bond acceptors (Lipinski definition) is 2. The van der Waals surface area contributed by atoms with Crippen molar-refractivity contribution in [2.24, 2.45) is 0 Å². The van der Waals surface area contributed by atoms with E-state index in [2.05, 4.69) is 22.6 Å². The molecule has 1 heterocycles. The van der Waals surface area contributed by atoms with Gasteiger partial charge in [0.15, 0.2) is 0 Å². The average Bonchev–Trinajstić information content (AvgIpc) is 2.32. The van der Waals surface area contributed by atoms with E-state index < -0.39 is 6.10 Å². The zero-order valence-electron chi connectivity index (χ0n) is 6.62. The number of hydrogen-bond donors (Lipinski definition) is 1. The molecule has 1 N–H and O–H groups in total. The van der Waals surface area contributed by atoms with E-state index in [-0.39, 0.29) is 6.10 Å². The molecule has 0 saturated heterocycles. The molecular weight excluding hydrogens is 267 g/mol. The lowest BCUT2D eigenvalue weighted by Crippen LogP contribution is -2.12. The molecule has 1 aliphatic rings. The van der Waals surface area contributed by atoms with Crippen molar-refractivity contribution in [3.8, 4) is 5.75 Å². The third-order valence-corrected chi connectivity index (χ3v) is 2.91. The van der Waals surface area contributed by atoms with Crippen LogP contribution in [0.25, 0.3) is 0 Å². The van der Waals surface area contributed by atoms with Gasteiger partial charge in [0.2, 0.25) is 0 Å². The summed E-state index contributed by atoms with van der Waals surface area (Å²) >= 11 is 2.21. The van der Waals surface area contributed by atoms with Gasteiger partial charge in [0.1, 0.15) is 18.0 Å². The summed E-state index contributed by atoms with van der Waals surface area (Å²) in [6.07, 6.45) is -0.578. The molecule has 0 spiro atoms. The molecule has 0 bridgehead atoms. The summed E-state index contributed by atoms with van der Waals surface area (Å²) in [6, 6.07) is 5.82. The maximum atomic E-state index is 9.65. The molecule has 1 aromatic carbocycles. The highest BCUT2D eigenvalue weighted by Gasteiger charge is 2.30. The normalized spacial score (nSPS) is 26.6. The van der Waals surface area contributed by atoms with Crippen molar-refractivity contribution in [2.75, 3.05) is 0 Å². The van der Waals surface area contributed by atoms with Gasteiger partial charge in [0.25, 0.3) is 0 Å². The molecule has 0 saturated carbocycles. The average molecular weight is 276 g/mol. The largest absolute Gasteiger partial charge is 0.486 e. The van der Waals surface area contributed by atoms with E-state index in [0.717, 1.165) is 14.9 Å². The fourth-order valence-corrected chi connectivity index (χ4v) is 2.03. The molecule has 0 radical (unpaired) electrons. The Hall–Kier alpha value is -0.290. The smallest absolute Gasteiger partial charge is 0.139 e. The molecular formula is C9H9IO2. The van der Waals surface area contributed by atoms with Gasteiger partial charge >= 0.3 is 0 Å². The number of fused-ring (bicyclic) bond motifs is 1. The van der Waals surface area contributed by atoms with Crippen molar-refractivity contribution < 1.29 is 9.84 Å². The number of benzene rings is 1. The van der Waals surface area contributed by atoms with Crippen molar-refractivity contribution in [1.29, 1.82) is 0 Å². The molecule has 0 amide bonds. The quantitative estimate of drug-likeness (QED) is 0.735. The lowest BCUT2D eigenvalue weighted by atomic mass is 10.1. The van der Waals surface area contributed by atoms with Gasteiger partial charge in [-0.15, -0.1) is 0 Å². The van der Waals surface area contributed by atoms with Crippen molar-refractivity contribution in [1.82, 2.24) is 0 Å². The Balaban J connectivity index is 2.53. The van der Waals surface area contributed by atoms with Crippen molar-refractivity contribution in [2.45, 2.75) is 19.1 Å². The molecule has 0 aliphatic carbocycles. The zero-order chi connectivity index (χ0) is 8.72. The SMILES string of the molecule is CC1Oc2c(I)cccc2C1O. The van der Waals surface area contributed by atoms with Gasteiger partial charge in [-0.3, -0.25) is 0 Å². The second-order valence-electron chi connectivity index (χ2n) is 2.93. The monoisotopic (exact) mass is 276 g/mol. The number of ether oxygens (including phenoxy) is 1. The first kappa shape index (κ1) is 8.31. The van der Waals surface area contributed by atoms with E-state index in [1.807, 2.05) is 25.1 Å². The lowest BCUT2D eigenvalue weighted by Gasteiger charge is -2.06. The Bertz CT molecular complexity index is 311. The van der Waals surface area contributed by atoms with E-state index in [0.29, 0.717) is 0 Å². The predicted molar refractivity (Wildman–Crippen MR) is 54.2 cm³/mol. The molecule has 1 aromatic rings. The van der Waals surface area contributed by atoms with E-state index in [4.69, 9.17) is 4.74 Å².